The molecule has 0 aliphatic heterocycles. The number of ether oxygens (including phenoxy) is 3. The second-order valence-electron chi connectivity index (χ2n) is 9.16. The topological polar surface area (TPSA) is 125 Å². The molecule has 1 heterocycles. The fourth-order valence-electron chi connectivity index (χ4n) is 4.24. The molecule has 10 nitrogen and oxygen atoms in total. The SMILES string of the molecule is COCCOc1ccc(CNC(=O)OS(=O)(=O)NC2CCCc3ccccc32)c(Oc2ncc(C(F)(F)F)cc2Cl)c1. The van der Waals surface area contributed by atoms with Crippen LogP contribution in [0.3, 0.4) is 0 Å². The first kappa shape index (κ1) is 31.3. The van der Waals surface area contributed by atoms with Crippen LogP contribution in [0.15, 0.2) is 54.7 Å². The van der Waals surface area contributed by atoms with Crippen LogP contribution in [0.2, 0.25) is 5.02 Å². The van der Waals surface area contributed by atoms with Gasteiger partial charge in [0.25, 0.3) is 0 Å². The highest BCUT2D eigenvalue weighted by Crippen LogP contribution is 2.36. The minimum absolute atomic E-state index is 0.0270. The molecule has 1 unspecified atom stereocenters. The van der Waals surface area contributed by atoms with Crippen molar-refractivity contribution in [1.29, 1.82) is 0 Å². The standard InChI is InChI=1S/C27H27ClF3N3O7S/c1-38-11-12-39-20-10-9-18(24(14-20)40-25-22(28)13-19(16-32-25)27(29,30)31)15-33-26(35)41-42(36,37)34-23-8-4-6-17-5-2-3-7-21(17)23/h2-3,5,7,9-10,13-14,16,23,34H,4,6,8,11-12,15H2,1H3,(H,33,35). The van der Waals surface area contributed by atoms with E-state index < -0.39 is 39.2 Å². The summed E-state index contributed by atoms with van der Waals surface area (Å²) in [5.74, 6) is 0.0113. The van der Waals surface area contributed by atoms with E-state index in [0.717, 1.165) is 24.0 Å². The largest absolute Gasteiger partial charge is 0.491 e. The van der Waals surface area contributed by atoms with E-state index in [1.54, 1.807) is 12.1 Å². The summed E-state index contributed by atoms with van der Waals surface area (Å²) in [6.07, 6.45) is -3.22. The van der Waals surface area contributed by atoms with Gasteiger partial charge in [-0.05, 0) is 48.6 Å². The zero-order valence-corrected chi connectivity index (χ0v) is 23.8. The molecular formula is C27H27ClF3N3O7S. The van der Waals surface area contributed by atoms with Gasteiger partial charge in [-0.3, -0.25) is 0 Å². The lowest BCUT2D eigenvalue weighted by atomic mass is 9.88. The molecule has 0 saturated heterocycles. The van der Waals surface area contributed by atoms with E-state index in [-0.39, 0.29) is 37.0 Å². The molecule has 226 valence electrons. The zero-order valence-electron chi connectivity index (χ0n) is 22.2. The predicted octanol–water partition coefficient (Wildman–Crippen LogP) is 5.71. The maximum Gasteiger partial charge on any atom is 0.423 e. The Kier molecular flexibility index (Phi) is 10.1. The normalized spacial score (nSPS) is 15.0. The molecule has 42 heavy (non-hydrogen) atoms. The van der Waals surface area contributed by atoms with Crippen LogP contribution in [0.5, 0.6) is 17.4 Å². The van der Waals surface area contributed by atoms with Gasteiger partial charge in [-0.1, -0.05) is 35.9 Å². The molecule has 1 amide bonds. The van der Waals surface area contributed by atoms with Crippen LogP contribution in [-0.2, 0) is 38.4 Å². The highest BCUT2D eigenvalue weighted by molar-refractivity contribution is 7.85. The number of fused-ring (bicyclic) bond motifs is 1. The fraction of sp³-hybridized carbons (Fsp3) is 0.333. The van der Waals surface area contributed by atoms with Crippen molar-refractivity contribution in [2.24, 2.45) is 0 Å². The summed E-state index contributed by atoms with van der Waals surface area (Å²) >= 11 is 5.99. The van der Waals surface area contributed by atoms with Crippen molar-refractivity contribution in [1.82, 2.24) is 15.0 Å². The van der Waals surface area contributed by atoms with Gasteiger partial charge < -0.3 is 23.7 Å². The lowest BCUT2D eigenvalue weighted by Gasteiger charge is -2.25. The third-order valence-electron chi connectivity index (χ3n) is 6.20. The van der Waals surface area contributed by atoms with Gasteiger partial charge >= 0.3 is 22.6 Å². The monoisotopic (exact) mass is 629 g/mol. The second kappa shape index (κ2) is 13.6. The van der Waals surface area contributed by atoms with Crippen LogP contribution >= 0.6 is 11.6 Å². The summed E-state index contributed by atoms with van der Waals surface area (Å²) in [4.78, 5) is 16.1. The number of aryl methyl sites for hydroxylation is 1. The number of nitrogens with zero attached hydrogens (tertiary/aromatic N) is 1. The smallest absolute Gasteiger partial charge is 0.423 e. The lowest BCUT2D eigenvalue weighted by Crippen LogP contribution is -2.36. The number of carbonyl (C=O) groups is 1. The molecule has 1 aliphatic rings. The maximum atomic E-state index is 13.0. The van der Waals surface area contributed by atoms with Crippen molar-refractivity contribution < 1.29 is 44.8 Å². The summed E-state index contributed by atoms with van der Waals surface area (Å²) < 4.78 is 87.5. The van der Waals surface area contributed by atoms with Crippen molar-refractivity contribution in [3.05, 3.63) is 82.0 Å². The van der Waals surface area contributed by atoms with Crippen LogP contribution in [0, 0.1) is 0 Å². The summed E-state index contributed by atoms with van der Waals surface area (Å²) in [7, 11) is -2.98. The van der Waals surface area contributed by atoms with E-state index in [1.807, 2.05) is 18.2 Å². The number of hydrogen-bond acceptors (Lipinski definition) is 8. The minimum Gasteiger partial charge on any atom is -0.491 e. The Bertz CT molecular complexity index is 1520. The number of carbonyl (C=O) groups excluding carboxylic acids is 1. The summed E-state index contributed by atoms with van der Waals surface area (Å²) in [6, 6.07) is 12.0. The van der Waals surface area contributed by atoms with Crippen molar-refractivity contribution in [3.8, 4) is 17.4 Å². The van der Waals surface area contributed by atoms with Crippen LogP contribution in [0.25, 0.3) is 0 Å². The van der Waals surface area contributed by atoms with Crippen molar-refractivity contribution in [2.45, 2.75) is 38.0 Å². The Labute approximate surface area is 245 Å². The highest BCUT2D eigenvalue weighted by Gasteiger charge is 2.32. The number of rotatable bonds is 11. The third-order valence-corrected chi connectivity index (χ3v) is 7.42. The van der Waals surface area contributed by atoms with Gasteiger partial charge in [-0.2, -0.15) is 26.3 Å². The Morgan fingerprint density at radius 1 is 1.14 bits per heavy atom. The van der Waals surface area contributed by atoms with Gasteiger partial charge in [-0.25, -0.2) is 9.78 Å². The molecule has 2 aromatic carbocycles. The van der Waals surface area contributed by atoms with Crippen LogP contribution in [0.4, 0.5) is 18.0 Å². The molecule has 4 rings (SSSR count). The molecule has 3 aromatic rings. The average molecular weight is 630 g/mol. The Balaban J connectivity index is 1.45. The number of nitrogens with one attached hydrogen (secondary N) is 2. The van der Waals surface area contributed by atoms with E-state index >= 15 is 0 Å². The van der Waals surface area contributed by atoms with Gasteiger partial charge in [0.05, 0.1) is 18.2 Å². The molecule has 0 spiro atoms. The second-order valence-corrected chi connectivity index (χ2v) is 10.9. The maximum absolute atomic E-state index is 13.0. The van der Waals surface area contributed by atoms with Crippen LogP contribution in [0.1, 0.15) is 41.1 Å². The number of aromatic nitrogens is 1. The van der Waals surface area contributed by atoms with E-state index in [4.69, 9.17) is 25.8 Å². The third kappa shape index (κ3) is 8.47. The lowest BCUT2D eigenvalue weighted by molar-refractivity contribution is -0.137. The highest BCUT2D eigenvalue weighted by atomic mass is 35.5. The summed E-state index contributed by atoms with van der Waals surface area (Å²) in [5, 5.41) is 1.92. The van der Waals surface area contributed by atoms with Crippen LogP contribution < -0.4 is 19.5 Å². The van der Waals surface area contributed by atoms with Crippen molar-refractivity contribution in [2.75, 3.05) is 20.3 Å². The van der Waals surface area contributed by atoms with E-state index in [1.165, 1.54) is 19.2 Å². The van der Waals surface area contributed by atoms with Crippen LogP contribution in [-0.4, -0.2) is 39.8 Å². The van der Waals surface area contributed by atoms with E-state index in [2.05, 4.69) is 19.2 Å². The zero-order chi connectivity index (χ0) is 30.3. The Morgan fingerprint density at radius 2 is 1.93 bits per heavy atom. The Hall–Kier alpha value is -3.59. The fourth-order valence-corrected chi connectivity index (χ4v) is 5.34. The number of pyridine rings is 1. The van der Waals surface area contributed by atoms with Gasteiger partial charge in [0.15, 0.2) is 0 Å². The first-order valence-electron chi connectivity index (χ1n) is 12.7. The molecule has 0 fully saturated rings. The number of alkyl halides is 3. The van der Waals surface area contributed by atoms with E-state index in [0.29, 0.717) is 24.4 Å². The first-order valence-corrected chi connectivity index (χ1v) is 14.5. The minimum atomic E-state index is -4.66. The van der Waals surface area contributed by atoms with Gasteiger partial charge in [0.1, 0.15) is 23.1 Å². The van der Waals surface area contributed by atoms with Crippen molar-refractivity contribution in [3.63, 3.8) is 0 Å². The van der Waals surface area contributed by atoms with Gasteiger partial charge in [0.2, 0.25) is 5.88 Å². The summed E-state index contributed by atoms with van der Waals surface area (Å²) in [5.41, 5.74) is 1.07. The number of halogens is 4. The van der Waals surface area contributed by atoms with Crippen molar-refractivity contribution >= 4 is 28.0 Å². The van der Waals surface area contributed by atoms with Gasteiger partial charge in [0, 0.05) is 31.5 Å². The molecule has 0 radical (unpaired) electrons. The number of hydrogen-bond donors (Lipinski definition) is 2. The molecule has 15 heteroatoms. The molecular weight excluding hydrogens is 603 g/mol. The molecule has 0 saturated carbocycles. The number of amides is 1. The molecule has 1 aliphatic carbocycles. The number of methoxy groups -OCH3 is 1. The first-order chi connectivity index (χ1) is 19.9. The van der Waals surface area contributed by atoms with E-state index in [9.17, 15) is 26.4 Å². The number of benzene rings is 2. The van der Waals surface area contributed by atoms with Gasteiger partial charge in [-0.15, -0.1) is 0 Å². The Morgan fingerprint density at radius 3 is 2.67 bits per heavy atom. The quantitative estimate of drug-likeness (QED) is 0.259. The average Bonchev–Trinajstić information content (AvgIpc) is 2.93. The molecule has 1 atom stereocenters. The molecule has 0 bridgehead atoms. The summed E-state index contributed by atoms with van der Waals surface area (Å²) in [6.45, 7) is 0.189. The molecule has 2 N–H and O–H groups in total. The molecule has 1 aromatic heterocycles. The predicted molar refractivity (Wildman–Crippen MR) is 146 cm³/mol.